The smallest absolute Gasteiger partial charge is 0.254 e. The summed E-state index contributed by atoms with van der Waals surface area (Å²) in [6.45, 7) is 1.85. The molecule has 2 heterocycles. The van der Waals surface area contributed by atoms with Gasteiger partial charge in [-0.3, -0.25) is 9.59 Å². The van der Waals surface area contributed by atoms with Crippen LogP contribution >= 0.6 is 22.9 Å². The summed E-state index contributed by atoms with van der Waals surface area (Å²) >= 11 is 7.65. The summed E-state index contributed by atoms with van der Waals surface area (Å²) in [5.41, 5.74) is 2.91. The van der Waals surface area contributed by atoms with E-state index in [1.807, 2.05) is 60.0 Å². The van der Waals surface area contributed by atoms with Gasteiger partial charge in [-0.05, 0) is 17.7 Å². The predicted molar refractivity (Wildman–Crippen MR) is 135 cm³/mol. The first-order valence-corrected chi connectivity index (χ1v) is 12.6. The molecule has 4 rings (SSSR count). The van der Waals surface area contributed by atoms with Gasteiger partial charge in [-0.15, -0.1) is 11.3 Å². The average Bonchev–Trinajstić information content (AvgIpc) is 3.34. The number of aliphatic hydroxyl groups excluding tert-OH is 2. The van der Waals surface area contributed by atoms with Gasteiger partial charge in [0.1, 0.15) is 5.01 Å². The molecule has 8 nitrogen and oxygen atoms in total. The quantitative estimate of drug-likeness (QED) is 0.425. The Hall–Kier alpha value is -2.98. The van der Waals surface area contributed by atoms with Gasteiger partial charge in [0.2, 0.25) is 0 Å². The van der Waals surface area contributed by atoms with Crippen LogP contribution in [0, 0.1) is 0 Å². The van der Waals surface area contributed by atoms with E-state index in [1.165, 1.54) is 16.2 Å². The third-order valence-corrected chi connectivity index (χ3v) is 7.06. The molecule has 10 heteroatoms. The molecule has 1 aromatic heterocycles. The lowest BCUT2D eigenvalue weighted by Gasteiger charge is -2.37. The number of para-hydroxylation sites is 1. The van der Waals surface area contributed by atoms with Crippen molar-refractivity contribution < 1.29 is 19.8 Å². The number of anilines is 1. The number of rotatable bonds is 8. The van der Waals surface area contributed by atoms with Crippen molar-refractivity contribution in [3.05, 3.63) is 81.3 Å². The normalized spacial score (nSPS) is 15.5. The Morgan fingerprint density at radius 1 is 1.00 bits per heavy atom. The number of aliphatic hydroxyl groups is 2. The molecule has 2 atom stereocenters. The molecule has 1 aliphatic heterocycles. The van der Waals surface area contributed by atoms with E-state index >= 15 is 0 Å². The van der Waals surface area contributed by atoms with Gasteiger partial charge in [0.15, 0.2) is 12.2 Å². The van der Waals surface area contributed by atoms with Crippen molar-refractivity contribution >= 4 is 40.4 Å². The Labute approximate surface area is 212 Å². The number of halogens is 1. The summed E-state index contributed by atoms with van der Waals surface area (Å²) in [7, 11) is 0. The van der Waals surface area contributed by atoms with Gasteiger partial charge >= 0.3 is 0 Å². The molecule has 3 N–H and O–H groups in total. The fourth-order valence-corrected chi connectivity index (χ4v) is 4.91. The SMILES string of the molecule is O=C(NCc1nc(Cc2ccccc2)cs1)[C@H](O)[C@@H](O)C(=O)N1CCN(c2ccccc2Cl)CC1. The van der Waals surface area contributed by atoms with Gasteiger partial charge in [-0.2, -0.15) is 0 Å². The van der Waals surface area contributed by atoms with Gasteiger partial charge in [-0.25, -0.2) is 4.98 Å². The Kier molecular flexibility index (Phi) is 8.35. The van der Waals surface area contributed by atoms with Crippen LogP contribution in [0.1, 0.15) is 16.3 Å². The lowest BCUT2D eigenvalue weighted by Crippen LogP contribution is -2.55. The molecule has 2 aromatic carbocycles. The number of benzene rings is 2. The number of thiazole rings is 1. The Balaban J connectivity index is 1.24. The molecule has 1 saturated heterocycles. The third-order valence-electron chi connectivity index (χ3n) is 5.85. The van der Waals surface area contributed by atoms with E-state index in [2.05, 4.69) is 15.2 Å². The van der Waals surface area contributed by atoms with Crippen LogP contribution in [0.5, 0.6) is 0 Å². The van der Waals surface area contributed by atoms with Crippen molar-refractivity contribution in [2.45, 2.75) is 25.2 Å². The molecule has 1 fully saturated rings. The summed E-state index contributed by atoms with van der Waals surface area (Å²) in [6, 6.07) is 17.4. The Morgan fingerprint density at radius 3 is 2.40 bits per heavy atom. The number of aromatic nitrogens is 1. The van der Waals surface area contributed by atoms with E-state index in [9.17, 15) is 19.8 Å². The molecule has 0 radical (unpaired) electrons. The second-order valence-electron chi connectivity index (χ2n) is 8.27. The van der Waals surface area contributed by atoms with Crippen molar-refractivity contribution in [2.75, 3.05) is 31.1 Å². The summed E-state index contributed by atoms with van der Waals surface area (Å²) in [5, 5.41) is 26.4. The largest absolute Gasteiger partial charge is 0.380 e. The molecule has 0 unspecified atom stereocenters. The number of carbonyl (C=O) groups excluding carboxylic acids is 2. The van der Waals surface area contributed by atoms with Gasteiger partial charge in [0.05, 0.1) is 22.9 Å². The molecule has 2 amide bonds. The molecule has 35 heavy (non-hydrogen) atoms. The lowest BCUT2D eigenvalue weighted by atomic mass is 10.1. The molecule has 0 saturated carbocycles. The van der Waals surface area contributed by atoms with Crippen LogP contribution in [-0.2, 0) is 22.6 Å². The lowest BCUT2D eigenvalue weighted by molar-refractivity contribution is -0.153. The van der Waals surface area contributed by atoms with Gasteiger partial charge < -0.3 is 25.3 Å². The van der Waals surface area contributed by atoms with Gasteiger partial charge in [0.25, 0.3) is 11.8 Å². The number of nitrogens with zero attached hydrogens (tertiary/aromatic N) is 3. The van der Waals surface area contributed by atoms with Crippen LogP contribution in [0.2, 0.25) is 5.02 Å². The summed E-state index contributed by atoms with van der Waals surface area (Å²) in [5.74, 6) is -1.49. The van der Waals surface area contributed by atoms with Crippen LogP contribution in [0.25, 0.3) is 0 Å². The number of hydrogen-bond donors (Lipinski definition) is 3. The van der Waals surface area contributed by atoms with E-state index in [-0.39, 0.29) is 6.54 Å². The highest BCUT2D eigenvalue weighted by Gasteiger charge is 2.34. The minimum Gasteiger partial charge on any atom is -0.380 e. The first kappa shape index (κ1) is 25.1. The minimum atomic E-state index is -1.87. The second kappa shape index (κ2) is 11.6. The van der Waals surface area contributed by atoms with Gasteiger partial charge in [0, 0.05) is 38.0 Å². The first-order valence-electron chi connectivity index (χ1n) is 11.3. The van der Waals surface area contributed by atoms with Crippen LogP contribution < -0.4 is 10.2 Å². The van der Waals surface area contributed by atoms with E-state index < -0.39 is 24.0 Å². The van der Waals surface area contributed by atoms with Crippen molar-refractivity contribution in [2.24, 2.45) is 0 Å². The fraction of sp³-hybridized carbons (Fsp3) is 0.320. The molecular weight excluding hydrogens is 488 g/mol. The van der Waals surface area contributed by atoms with Crippen molar-refractivity contribution in [1.29, 1.82) is 0 Å². The summed E-state index contributed by atoms with van der Waals surface area (Å²) in [4.78, 5) is 33.1. The maximum Gasteiger partial charge on any atom is 0.254 e. The fourth-order valence-electron chi connectivity index (χ4n) is 3.93. The highest BCUT2D eigenvalue weighted by Crippen LogP contribution is 2.26. The summed E-state index contributed by atoms with van der Waals surface area (Å²) < 4.78 is 0. The highest BCUT2D eigenvalue weighted by molar-refractivity contribution is 7.09. The zero-order valence-electron chi connectivity index (χ0n) is 19.0. The van der Waals surface area contributed by atoms with Crippen LogP contribution in [-0.4, -0.2) is 70.3 Å². The molecule has 0 bridgehead atoms. The zero-order chi connectivity index (χ0) is 24.8. The molecule has 184 valence electrons. The third kappa shape index (κ3) is 6.37. The minimum absolute atomic E-state index is 0.104. The van der Waals surface area contributed by atoms with E-state index in [4.69, 9.17) is 11.6 Å². The standard InChI is InChI=1S/C25H27ClN4O4S/c26-19-8-4-5-9-20(19)29-10-12-30(13-11-29)25(34)23(32)22(31)24(33)27-15-21-28-18(16-35-21)14-17-6-2-1-3-7-17/h1-9,16,22-23,31-32H,10-15H2,(H,27,33)/t22-,23-/m1/s1. The Morgan fingerprint density at radius 2 is 1.69 bits per heavy atom. The number of piperazine rings is 1. The van der Waals surface area contributed by atoms with Crippen molar-refractivity contribution in [1.82, 2.24) is 15.2 Å². The second-order valence-corrected chi connectivity index (χ2v) is 9.62. The predicted octanol–water partition coefficient (Wildman–Crippen LogP) is 2.07. The maximum absolute atomic E-state index is 12.7. The number of amides is 2. The van der Waals surface area contributed by atoms with Gasteiger partial charge in [-0.1, -0.05) is 54.1 Å². The monoisotopic (exact) mass is 514 g/mol. The first-order chi connectivity index (χ1) is 16.9. The van der Waals surface area contributed by atoms with Crippen molar-refractivity contribution in [3.8, 4) is 0 Å². The molecule has 1 aliphatic rings. The average molecular weight is 515 g/mol. The maximum atomic E-state index is 12.7. The Bertz CT molecular complexity index is 1150. The van der Waals surface area contributed by atoms with Crippen LogP contribution in [0.4, 0.5) is 5.69 Å². The van der Waals surface area contributed by atoms with Crippen molar-refractivity contribution in [3.63, 3.8) is 0 Å². The molecule has 3 aromatic rings. The highest BCUT2D eigenvalue weighted by atomic mass is 35.5. The van der Waals surface area contributed by atoms with Crippen LogP contribution in [0.15, 0.2) is 60.0 Å². The topological polar surface area (TPSA) is 106 Å². The van der Waals surface area contributed by atoms with Crippen LogP contribution in [0.3, 0.4) is 0 Å². The molecule has 0 aliphatic carbocycles. The number of nitrogens with one attached hydrogen (secondary N) is 1. The van der Waals surface area contributed by atoms with E-state index in [0.717, 1.165) is 16.9 Å². The summed E-state index contributed by atoms with van der Waals surface area (Å²) in [6.07, 6.45) is -3.02. The van der Waals surface area contributed by atoms with E-state index in [1.54, 1.807) is 0 Å². The zero-order valence-corrected chi connectivity index (χ0v) is 20.6. The molecular formula is C25H27ClN4O4S. The van der Waals surface area contributed by atoms with E-state index in [0.29, 0.717) is 42.6 Å². The number of carbonyl (C=O) groups is 2. The number of hydrogen-bond acceptors (Lipinski definition) is 7. The molecule has 0 spiro atoms.